The third-order valence-electron chi connectivity index (χ3n) is 3.71. The lowest BCUT2D eigenvalue weighted by molar-refractivity contribution is 0.0979. The highest BCUT2D eigenvalue weighted by Crippen LogP contribution is 2.25. The number of nitriles is 1. The van der Waals surface area contributed by atoms with Gasteiger partial charge in [-0.05, 0) is 49.1 Å². The molecule has 0 aliphatic carbocycles. The highest BCUT2D eigenvalue weighted by Gasteiger charge is 2.22. The molecular weight excluding hydrogens is 282 g/mol. The molecule has 0 spiro atoms. The van der Waals surface area contributed by atoms with Crippen molar-refractivity contribution in [3.05, 3.63) is 69.2 Å². The van der Waals surface area contributed by atoms with Crippen molar-refractivity contribution < 1.29 is 4.79 Å². The molecule has 0 heterocycles. The zero-order valence-electron chi connectivity index (χ0n) is 12.3. The minimum absolute atomic E-state index is 0.220. The van der Waals surface area contributed by atoms with Gasteiger partial charge in [0.2, 0.25) is 0 Å². The van der Waals surface area contributed by atoms with Gasteiger partial charge >= 0.3 is 0 Å². The minimum atomic E-state index is -0.803. The van der Waals surface area contributed by atoms with Crippen molar-refractivity contribution in [1.29, 1.82) is 5.26 Å². The van der Waals surface area contributed by atoms with E-state index < -0.39 is 5.92 Å². The summed E-state index contributed by atoms with van der Waals surface area (Å²) >= 11 is 6.06. The number of hydrogen-bond acceptors (Lipinski definition) is 2. The second-order valence-corrected chi connectivity index (χ2v) is 5.64. The molecule has 0 fully saturated rings. The van der Waals surface area contributed by atoms with Crippen molar-refractivity contribution in [3.8, 4) is 6.07 Å². The predicted molar refractivity (Wildman–Crippen MR) is 84.8 cm³/mol. The third-order valence-corrected chi connectivity index (χ3v) is 4.12. The van der Waals surface area contributed by atoms with E-state index in [4.69, 9.17) is 11.6 Å². The number of nitrogens with zero attached hydrogens (tertiary/aromatic N) is 1. The molecule has 106 valence electrons. The van der Waals surface area contributed by atoms with Crippen LogP contribution in [0.2, 0.25) is 5.02 Å². The summed E-state index contributed by atoms with van der Waals surface area (Å²) in [5.74, 6) is -1.02. The first-order valence-corrected chi connectivity index (χ1v) is 7.09. The topological polar surface area (TPSA) is 40.9 Å². The molecule has 2 rings (SSSR count). The third kappa shape index (κ3) is 3.15. The highest BCUT2D eigenvalue weighted by molar-refractivity contribution is 6.31. The van der Waals surface area contributed by atoms with Crippen LogP contribution in [0.15, 0.2) is 36.4 Å². The van der Waals surface area contributed by atoms with Gasteiger partial charge in [-0.2, -0.15) is 5.26 Å². The quantitative estimate of drug-likeness (QED) is 0.767. The molecule has 3 heteroatoms. The molecule has 0 saturated carbocycles. The summed E-state index contributed by atoms with van der Waals surface area (Å²) in [5, 5.41) is 9.93. The molecule has 0 aromatic heterocycles. The van der Waals surface area contributed by atoms with Crippen molar-refractivity contribution in [3.63, 3.8) is 0 Å². The Balaban J connectivity index is 2.41. The molecule has 2 nitrogen and oxygen atoms in total. The van der Waals surface area contributed by atoms with E-state index in [1.807, 2.05) is 39.0 Å². The van der Waals surface area contributed by atoms with Crippen molar-refractivity contribution in [2.45, 2.75) is 26.7 Å². The summed E-state index contributed by atoms with van der Waals surface area (Å²) in [5.41, 5.74) is 4.31. The lowest BCUT2D eigenvalue weighted by Crippen LogP contribution is -2.11. The van der Waals surface area contributed by atoms with Crippen molar-refractivity contribution in [2.24, 2.45) is 0 Å². The second kappa shape index (κ2) is 6.11. The fraction of sp³-hybridized carbons (Fsp3) is 0.222. The Kier molecular flexibility index (Phi) is 4.45. The van der Waals surface area contributed by atoms with Crippen LogP contribution < -0.4 is 0 Å². The summed E-state index contributed by atoms with van der Waals surface area (Å²) in [6.45, 7) is 5.85. The number of halogens is 1. The fourth-order valence-electron chi connectivity index (χ4n) is 2.14. The molecule has 0 saturated heterocycles. The molecule has 0 radical (unpaired) electrons. The first kappa shape index (κ1) is 15.3. The SMILES string of the molecule is Cc1ccc(C(C#N)C(=O)c2ccc(C)c(Cl)c2)cc1C. The maximum atomic E-state index is 12.6. The summed E-state index contributed by atoms with van der Waals surface area (Å²) in [4.78, 5) is 12.6. The zero-order chi connectivity index (χ0) is 15.6. The number of ketones is 1. The summed E-state index contributed by atoms with van der Waals surface area (Å²) < 4.78 is 0. The molecule has 0 amide bonds. The molecule has 0 bridgehead atoms. The Morgan fingerprint density at radius 2 is 1.71 bits per heavy atom. The van der Waals surface area contributed by atoms with E-state index in [1.165, 1.54) is 0 Å². The lowest BCUT2D eigenvalue weighted by atomic mass is 9.90. The predicted octanol–water partition coefficient (Wildman–Crippen LogP) is 4.76. The highest BCUT2D eigenvalue weighted by atomic mass is 35.5. The number of rotatable bonds is 3. The average molecular weight is 298 g/mol. The number of benzene rings is 2. The van der Waals surface area contributed by atoms with E-state index in [-0.39, 0.29) is 5.78 Å². The van der Waals surface area contributed by atoms with E-state index in [0.717, 1.165) is 22.3 Å². The van der Waals surface area contributed by atoms with Crippen LogP contribution in [-0.4, -0.2) is 5.78 Å². The number of Topliss-reactive ketones (excluding diaryl/α,β-unsaturated/α-hetero) is 1. The fourth-order valence-corrected chi connectivity index (χ4v) is 2.32. The standard InChI is InChI=1S/C18H16ClNO/c1-11-4-6-14(8-13(11)3)16(10-20)18(21)15-7-5-12(2)17(19)9-15/h4-9,16H,1-3H3. The van der Waals surface area contributed by atoms with Gasteiger partial charge < -0.3 is 0 Å². The number of hydrogen-bond donors (Lipinski definition) is 0. The smallest absolute Gasteiger partial charge is 0.184 e. The van der Waals surface area contributed by atoms with Gasteiger partial charge in [0.05, 0.1) is 6.07 Å². The molecule has 1 atom stereocenters. The lowest BCUT2D eigenvalue weighted by Gasteiger charge is -2.11. The monoisotopic (exact) mass is 297 g/mol. The van der Waals surface area contributed by atoms with Crippen molar-refractivity contribution >= 4 is 17.4 Å². The Labute approximate surface area is 130 Å². The van der Waals surface area contributed by atoms with Gasteiger partial charge in [0.1, 0.15) is 5.92 Å². The molecular formula is C18H16ClNO. The molecule has 0 aliphatic rings. The molecule has 1 unspecified atom stereocenters. The summed E-state index contributed by atoms with van der Waals surface area (Å²) in [6, 6.07) is 12.9. The van der Waals surface area contributed by atoms with Gasteiger partial charge in [-0.3, -0.25) is 4.79 Å². The Morgan fingerprint density at radius 1 is 1.05 bits per heavy atom. The summed E-state index contributed by atoms with van der Waals surface area (Å²) in [7, 11) is 0. The van der Waals surface area contributed by atoms with Crippen molar-refractivity contribution in [2.75, 3.05) is 0 Å². The molecule has 2 aromatic carbocycles. The first-order valence-electron chi connectivity index (χ1n) is 6.71. The van der Waals surface area contributed by atoms with Crippen LogP contribution in [-0.2, 0) is 0 Å². The Morgan fingerprint density at radius 3 is 2.29 bits per heavy atom. The minimum Gasteiger partial charge on any atom is -0.292 e. The van der Waals surface area contributed by atoms with Gasteiger partial charge in [0, 0.05) is 10.6 Å². The van der Waals surface area contributed by atoms with E-state index in [0.29, 0.717) is 10.6 Å². The normalized spacial score (nSPS) is 11.8. The van der Waals surface area contributed by atoms with E-state index in [2.05, 4.69) is 6.07 Å². The van der Waals surface area contributed by atoms with Gasteiger partial charge in [0.25, 0.3) is 0 Å². The number of aryl methyl sites for hydroxylation is 3. The van der Waals surface area contributed by atoms with Gasteiger partial charge in [-0.25, -0.2) is 0 Å². The van der Waals surface area contributed by atoms with Crippen LogP contribution >= 0.6 is 11.6 Å². The van der Waals surface area contributed by atoms with Gasteiger partial charge in [-0.1, -0.05) is 41.9 Å². The number of carbonyl (C=O) groups is 1. The maximum Gasteiger partial charge on any atom is 0.184 e. The van der Waals surface area contributed by atoms with Crippen molar-refractivity contribution in [1.82, 2.24) is 0 Å². The largest absolute Gasteiger partial charge is 0.292 e. The van der Waals surface area contributed by atoms with E-state index >= 15 is 0 Å². The van der Waals surface area contributed by atoms with Crippen LogP contribution in [0.4, 0.5) is 0 Å². The van der Waals surface area contributed by atoms with Crippen LogP contribution in [0.1, 0.15) is 38.5 Å². The van der Waals surface area contributed by atoms with Crippen LogP contribution in [0.3, 0.4) is 0 Å². The average Bonchev–Trinajstić information content (AvgIpc) is 2.46. The van der Waals surface area contributed by atoms with Crippen LogP contribution in [0, 0.1) is 32.1 Å². The Hall–Kier alpha value is -2.11. The van der Waals surface area contributed by atoms with Gasteiger partial charge in [-0.15, -0.1) is 0 Å². The molecule has 21 heavy (non-hydrogen) atoms. The van der Waals surface area contributed by atoms with Crippen LogP contribution in [0.5, 0.6) is 0 Å². The molecule has 0 aliphatic heterocycles. The Bertz CT molecular complexity index is 743. The van der Waals surface area contributed by atoms with Crippen LogP contribution in [0.25, 0.3) is 0 Å². The second-order valence-electron chi connectivity index (χ2n) is 5.23. The first-order chi connectivity index (χ1) is 9.93. The summed E-state index contributed by atoms with van der Waals surface area (Å²) in [6.07, 6.45) is 0. The van der Waals surface area contributed by atoms with E-state index in [1.54, 1.807) is 18.2 Å². The molecule has 2 aromatic rings. The maximum absolute atomic E-state index is 12.6. The van der Waals surface area contributed by atoms with E-state index in [9.17, 15) is 10.1 Å². The zero-order valence-corrected chi connectivity index (χ0v) is 13.0. The van der Waals surface area contributed by atoms with Gasteiger partial charge in [0.15, 0.2) is 5.78 Å². The number of carbonyl (C=O) groups excluding carboxylic acids is 1. The molecule has 0 N–H and O–H groups in total.